The molecule has 4 nitrogen and oxygen atoms in total. The number of nitriles is 2. The number of aryl methyl sites for hydroxylation is 2. The minimum atomic E-state index is 0.221. The van der Waals surface area contributed by atoms with E-state index in [0.29, 0.717) is 11.1 Å². The molecular formula is C18H18N2O2. The maximum atomic E-state index is 9.21. The van der Waals surface area contributed by atoms with Crippen molar-refractivity contribution in [1.29, 1.82) is 10.5 Å². The van der Waals surface area contributed by atoms with Gasteiger partial charge in [0, 0.05) is 0 Å². The number of rotatable bonds is 0. The average molecular weight is 294 g/mol. The van der Waals surface area contributed by atoms with Gasteiger partial charge in [-0.1, -0.05) is 0 Å². The zero-order chi connectivity index (χ0) is 16.9. The molecule has 2 N–H and O–H groups in total. The Hall–Kier alpha value is -2.98. The molecule has 0 aliphatic heterocycles. The van der Waals surface area contributed by atoms with Gasteiger partial charge in [0.25, 0.3) is 0 Å². The first-order valence-electron chi connectivity index (χ1n) is 6.71. The third kappa shape index (κ3) is 3.77. The van der Waals surface area contributed by atoms with Crippen LogP contribution in [0.15, 0.2) is 24.3 Å². The first kappa shape index (κ1) is 17.1. The van der Waals surface area contributed by atoms with Crippen LogP contribution in [0.2, 0.25) is 0 Å². The van der Waals surface area contributed by atoms with Gasteiger partial charge in [0.2, 0.25) is 0 Å². The number of hydrogen-bond donors (Lipinski definition) is 2. The second-order valence-electron chi connectivity index (χ2n) is 5.06. The molecule has 0 aliphatic carbocycles. The minimum absolute atomic E-state index is 0.221. The molecule has 0 saturated carbocycles. The fourth-order valence-electron chi connectivity index (χ4n) is 2.04. The SMILES string of the molecule is Cc1c(O)ccc(C#N)c1C.Cc1cc(O)cc(C)c1C#N. The lowest BCUT2D eigenvalue weighted by Gasteiger charge is -2.03. The quantitative estimate of drug-likeness (QED) is 0.774. The number of phenols is 2. The molecule has 0 atom stereocenters. The van der Waals surface area contributed by atoms with E-state index in [1.165, 1.54) is 0 Å². The molecule has 2 aromatic carbocycles. The summed E-state index contributed by atoms with van der Waals surface area (Å²) < 4.78 is 0. The number of hydrogen-bond acceptors (Lipinski definition) is 4. The molecule has 0 unspecified atom stereocenters. The molecule has 0 aromatic heterocycles. The van der Waals surface area contributed by atoms with Crippen LogP contribution in [0.25, 0.3) is 0 Å². The fourth-order valence-corrected chi connectivity index (χ4v) is 2.04. The first-order chi connectivity index (χ1) is 10.3. The van der Waals surface area contributed by atoms with Gasteiger partial charge in [-0.25, -0.2) is 0 Å². The van der Waals surface area contributed by atoms with Gasteiger partial charge in [-0.3, -0.25) is 0 Å². The van der Waals surface area contributed by atoms with Crippen molar-refractivity contribution in [2.75, 3.05) is 0 Å². The summed E-state index contributed by atoms with van der Waals surface area (Å²) in [4.78, 5) is 0. The summed E-state index contributed by atoms with van der Waals surface area (Å²) in [5, 5.41) is 35.6. The molecule has 4 heteroatoms. The zero-order valence-electron chi connectivity index (χ0n) is 13.1. The molecule has 0 saturated heterocycles. The van der Waals surface area contributed by atoms with Crippen molar-refractivity contribution in [3.63, 3.8) is 0 Å². The van der Waals surface area contributed by atoms with Crippen LogP contribution in [0.5, 0.6) is 11.5 Å². The second-order valence-corrected chi connectivity index (χ2v) is 5.06. The Kier molecular flexibility index (Phi) is 5.55. The molecule has 0 fully saturated rings. The van der Waals surface area contributed by atoms with Crippen LogP contribution in [0.4, 0.5) is 0 Å². The predicted molar refractivity (Wildman–Crippen MR) is 84.6 cm³/mol. The Morgan fingerprint density at radius 3 is 1.82 bits per heavy atom. The van der Waals surface area contributed by atoms with Gasteiger partial charge in [0.1, 0.15) is 11.5 Å². The van der Waals surface area contributed by atoms with Crippen molar-refractivity contribution < 1.29 is 10.2 Å². The number of benzene rings is 2. The van der Waals surface area contributed by atoms with E-state index in [-0.39, 0.29) is 11.5 Å². The molecule has 22 heavy (non-hydrogen) atoms. The fraction of sp³-hybridized carbons (Fsp3) is 0.222. The minimum Gasteiger partial charge on any atom is -0.508 e. The Balaban J connectivity index is 0.000000220. The number of phenolic OH excluding ortho intramolecular Hbond substituents is 2. The second kappa shape index (κ2) is 7.15. The highest BCUT2D eigenvalue weighted by Gasteiger charge is 2.03. The van der Waals surface area contributed by atoms with Crippen LogP contribution in [0.1, 0.15) is 33.4 Å². The molecule has 2 aromatic rings. The Morgan fingerprint density at radius 1 is 0.818 bits per heavy atom. The van der Waals surface area contributed by atoms with Gasteiger partial charge in [-0.2, -0.15) is 10.5 Å². The smallest absolute Gasteiger partial charge is 0.118 e. The summed E-state index contributed by atoms with van der Waals surface area (Å²) in [5.74, 6) is 0.473. The van der Waals surface area contributed by atoms with Crippen molar-refractivity contribution in [2.24, 2.45) is 0 Å². The van der Waals surface area contributed by atoms with Gasteiger partial charge in [0.05, 0.1) is 23.3 Å². The average Bonchev–Trinajstić information content (AvgIpc) is 2.45. The van der Waals surface area contributed by atoms with E-state index < -0.39 is 0 Å². The lowest BCUT2D eigenvalue weighted by Crippen LogP contribution is -1.86. The van der Waals surface area contributed by atoms with E-state index in [1.807, 2.05) is 20.8 Å². The van der Waals surface area contributed by atoms with Crippen molar-refractivity contribution >= 4 is 0 Å². The lowest BCUT2D eigenvalue weighted by atomic mass is 10.0. The van der Waals surface area contributed by atoms with Gasteiger partial charge in [-0.05, 0) is 74.2 Å². The lowest BCUT2D eigenvalue weighted by molar-refractivity contribution is 0.470. The molecule has 112 valence electrons. The van der Waals surface area contributed by atoms with Gasteiger partial charge >= 0.3 is 0 Å². The molecule has 0 radical (unpaired) electrons. The van der Waals surface area contributed by atoms with Gasteiger partial charge in [0.15, 0.2) is 0 Å². The van der Waals surface area contributed by atoms with Crippen molar-refractivity contribution in [2.45, 2.75) is 27.7 Å². The monoisotopic (exact) mass is 294 g/mol. The van der Waals surface area contributed by atoms with Crippen LogP contribution in [0.3, 0.4) is 0 Å². The molecule has 0 spiro atoms. The number of nitrogens with zero attached hydrogens (tertiary/aromatic N) is 2. The van der Waals surface area contributed by atoms with Crippen LogP contribution in [-0.4, -0.2) is 10.2 Å². The largest absolute Gasteiger partial charge is 0.508 e. The summed E-state index contributed by atoms with van der Waals surface area (Å²) >= 11 is 0. The van der Waals surface area contributed by atoms with Gasteiger partial charge in [-0.15, -0.1) is 0 Å². The molecule has 0 amide bonds. The van der Waals surface area contributed by atoms with E-state index >= 15 is 0 Å². The van der Waals surface area contributed by atoms with Crippen LogP contribution >= 0.6 is 0 Å². The van der Waals surface area contributed by atoms with Crippen molar-refractivity contribution in [3.05, 3.63) is 57.6 Å². The zero-order valence-corrected chi connectivity index (χ0v) is 13.1. The van der Waals surface area contributed by atoms with Crippen LogP contribution < -0.4 is 0 Å². The summed E-state index contributed by atoms with van der Waals surface area (Å²) in [7, 11) is 0. The van der Waals surface area contributed by atoms with Crippen molar-refractivity contribution in [1.82, 2.24) is 0 Å². The molecule has 0 aliphatic rings. The standard InChI is InChI=1S/2C9H9NO/c1-6-3-8(11)4-7(2)9(6)5-10;1-6-7(2)9(11)4-3-8(6)5-10/h2*3-4,11H,1-2H3. The van der Waals surface area contributed by atoms with E-state index in [9.17, 15) is 5.11 Å². The van der Waals surface area contributed by atoms with Crippen molar-refractivity contribution in [3.8, 4) is 23.6 Å². The topological polar surface area (TPSA) is 88.0 Å². The summed E-state index contributed by atoms with van der Waals surface area (Å²) in [6.45, 7) is 7.25. The third-order valence-electron chi connectivity index (χ3n) is 3.51. The first-order valence-corrected chi connectivity index (χ1v) is 6.71. The highest BCUT2D eigenvalue weighted by atomic mass is 16.3. The molecular weight excluding hydrogens is 276 g/mol. The predicted octanol–water partition coefficient (Wildman–Crippen LogP) is 3.76. The van der Waals surface area contributed by atoms with E-state index in [1.54, 1.807) is 31.2 Å². The summed E-state index contributed by atoms with van der Waals surface area (Å²) in [6, 6.07) is 10.5. The molecule has 0 heterocycles. The molecule has 2 rings (SSSR count). The van der Waals surface area contributed by atoms with Crippen LogP contribution in [0, 0.1) is 50.4 Å². The third-order valence-corrected chi connectivity index (χ3v) is 3.51. The van der Waals surface area contributed by atoms with Gasteiger partial charge < -0.3 is 10.2 Å². The molecule has 0 bridgehead atoms. The summed E-state index contributed by atoms with van der Waals surface area (Å²) in [5.41, 5.74) is 4.56. The highest BCUT2D eigenvalue weighted by molar-refractivity contribution is 5.48. The number of aromatic hydroxyl groups is 2. The van der Waals surface area contributed by atoms with E-state index in [4.69, 9.17) is 15.6 Å². The Morgan fingerprint density at radius 2 is 1.36 bits per heavy atom. The Labute approximate surface area is 130 Å². The normalized spacial score (nSPS) is 9.18. The van der Waals surface area contributed by atoms with Crippen LogP contribution in [-0.2, 0) is 0 Å². The van der Waals surface area contributed by atoms with E-state index in [0.717, 1.165) is 22.3 Å². The van der Waals surface area contributed by atoms with E-state index in [2.05, 4.69) is 12.1 Å². The maximum absolute atomic E-state index is 9.21. The Bertz CT molecular complexity index is 758. The maximum Gasteiger partial charge on any atom is 0.118 e. The highest BCUT2D eigenvalue weighted by Crippen LogP contribution is 2.21. The summed E-state index contributed by atoms with van der Waals surface area (Å²) in [6.07, 6.45) is 0.